The first-order valence-electron chi connectivity index (χ1n) is 17.2. The summed E-state index contributed by atoms with van der Waals surface area (Å²) in [5.74, 6) is -0.482. The Morgan fingerprint density at radius 2 is 1.16 bits per heavy atom. The molecule has 0 aromatic rings. The molecule has 8 nitrogen and oxygen atoms in total. The van der Waals surface area contributed by atoms with Crippen LogP contribution in [-0.4, -0.2) is 73.1 Å². The van der Waals surface area contributed by atoms with Crippen LogP contribution in [0.3, 0.4) is 0 Å². The molecular weight excluding hydrogens is 568 g/mol. The number of aliphatic imine (C=N–C) groups is 2. The Hall–Kier alpha value is -2.84. The van der Waals surface area contributed by atoms with Crippen LogP contribution >= 0.6 is 0 Å². The Morgan fingerprint density at radius 1 is 0.733 bits per heavy atom. The molecule has 4 saturated heterocycles. The van der Waals surface area contributed by atoms with Crippen LogP contribution in [0.4, 0.5) is 0 Å². The topological polar surface area (TPSA) is 102 Å². The summed E-state index contributed by atoms with van der Waals surface area (Å²) in [6.07, 6.45) is 21.1. The monoisotopic (exact) mass is 618 g/mol. The quantitative estimate of drug-likeness (QED) is 0.0900. The van der Waals surface area contributed by atoms with Crippen LogP contribution in [0.5, 0.6) is 0 Å². The molecule has 8 atom stereocenters. The van der Waals surface area contributed by atoms with Crippen molar-refractivity contribution in [1.29, 1.82) is 0 Å². The standard InChI is InChI=1S/C37H50N2O6/c1-24-28-16-14-26(12-10-18-36(3)32(44-36)30(28)42-34(24)40)22-38-20-8-6-5-7-9-21-39-23-27-13-11-19-37(4)33(45-37)31-29(17-15-27)25(2)35(41)43-31/h12-13,22-23,28-33H,1-2,5-11,14-21H2,3-4H3/b26-12+,27-13+,38-22+,39-23+/t28-,29-,30-,31-,32-,33-,36+,37+/m0/s1. The minimum absolute atomic E-state index is 0.00470. The number of fused-ring (bicyclic) bond motifs is 6. The van der Waals surface area contributed by atoms with Crippen LogP contribution in [0, 0.1) is 11.8 Å². The zero-order valence-electron chi connectivity index (χ0n) is 27.1. The van der Waals surface area contributed by atoms with Crippen LogP contribution in [0.1, 0.15) is 97.3 Å². The van der Waals surface area contributed by atoms with Crippen LogP contribution in [0.15, 0.2) is 57.6 Å². The Morgan fingerprint density at radius 3 is 1.60 bits per heavy atom. The predicted molar refractivity (Wildman–Crippen MR) is 174 cm³/mol. The Labute approximate surface area is 268 Å². The molecule has 0 radical (unpaired) electrons. The molecule has 0 bridgehead atoms. The maximum atomic E-state index is 12.2. The summed E-state index contributed by atoms with van der Waals surface area (Å²) < 4.78 is 23.3. The van der Waals surface area contributed by atoms with Crippen molar-refractivity contribution in [3.63, 3.8) is 0 Å². The lowest BCUT2D eigenvalue weighted by Crippen LogP contribution is -2.28. The highest BCUT2D eigenvalue weighted by molar-refractivity contribution is 5.91. The lowest BCUT2D eigenvalue weighted by Gasteiger charge is -2.19. The van der Waals surface area contributed by atoms with E-state index in [0.29, 0.717) is 11.1 Å². The normalized spacial score (nSPS) is 40.4. The summed E-state index contributed by atoms with van der Waals surface area (Å²) in [5, 5.41) is 0. The smallest absolute Gasteiger partial charge is 0.334 e. The van der Waals surface area contributed by atoms with Crippen molar-refractivity contribution < 1.29 is 28.5 Å². The molecule has 4 aliphatic heterocycles. The van der Waals surface area contributed by atoms with Crippen LogP contribution < -0.4 is 0 Å². The summed E-state index contributed by atoms with van der Waals surface area (Å²) in [4.78, 5) is 33.9. The highest BCUT2D eigenvalue weighted by Gasteiger charge is 2.62. The number of carbonyl (C=O) groups is 2. The van der Waals surface area contributed by atoms with E-state index in [2.05, 4.69) is 39.2 Å². The van der Waals surface area contributed by atoms with Gasteiger partial charge in [0.05, 0.1) is 11.2 Å². The summed E-state index contributed by atoms with van der Waals surface area (Å²) in [6.45, 7) is 13.9. The van der Waals surface area contributed by atoms with Gasteiger partial charge in [-0.25, -0.2) is 9.59 Å². The largest absolute Gasteiger partial charge is 0.455 e. The van der Waals surface area contributed by atoms with E-state index in [4.69, 9.17) is 28.9 Å². The lowest BCUT2D eigenvalue weighted by molar-refractivity contribution is -0.140. The molecule has 45 heavy (non-hydrogen) atoms. The SMILES string of the molecule is C=C1C(=O)O[C@H]2[C@H]1CCC(/C=N/CCCCCCC/N=C/C1=C/CC[C@@]3(C)O[C@H]3[C@H]3OC(=O)C(=C)[C@@H]3CC1)=C\CC[C@@]1(C)O[C@@H]21. The second-order valence-corrected chi connectivity index (χ2v) is 14.3. The zero-order valence-corrected chi connectivity index (χ0v) is 27.1. The van der Waals surface area contributed by atoms with Gasteiger partial charge in [0.1, 0.15) is 24.4 Å². The Bertz CT molecular complexity index is 1220. The van der Waals surface area contributed by atoms with Crippen molar-refractivity contribution in [1.82, 2.24) is 0 Å². The number of hydrogen-bond donors (Lipinski definition) is 0. The van der Waals surface area contributed by atoms with Gasteiger partial charge in [0, 0.05) is 48.5 Å². The van der Waals surface area contributed by atoms with Gasteiger partial charge in [-0.3, -0.25) is 9.98 Å². The van der Waals surface area contributed by atoms with E-state index in [-0.39, 0.29) is 59.4 Å². The van der Waals surface area contributed by atoms with Gasteiger partial charge in [0.15, 0.2) is 0 Å². The van der Waals surface area contributed by atoms with Gasteiger partial charge in [-0.2, -0.15) is 0 Å². The van der Waals surface area contributed by atoms with E-state index in [1.54, 1.807) is 0 Å². The van der Waals surface area contributed by atoms with Gasteiger partial charge in [0.25, 0.3) is 0 Å². The van der Waals surface area contributed by atoms with Crippen LogP contribution in [-0.2, 0) is 28.5 Å². The molecule has 8 heteroatoms. The molecule has 4 heterocycles. The molecule has 4 fully saturated rings. The molecule has 0 spiro atoms. The van der Waals surface area contributed by atoms with Crippen molar-refractivity contribution in [3.8, 4) is 0 Å². The van der Waals surface area contributed by atoms with Crippen molar-refractivity contribution in [2.45, 2.75) is 133 Å². The molecule has 6 rings (SSSR count). The molecule has 0 amide bonds. The first-order chi connectivity index (χ1) is 21.7. The number of rotatable bonds is 10. The molecule has 0 saturated carbocycles. The summed E-state index contributed by atoms with van der Waals surface area (Å²) in [5.41, 5.74) is 3.24. The minimum atomic E-state index is -0.267. The molecule has 244 valence electrons. The first-order valence-corrected chi connectivity index (χ1v) is 17.2. The average Bonchev–Trinajstić information content (AvgIpc) is 3.82. The molecule has 0 unspecified atom stereocenters. The number of ether oxygens (including phenoxy) is 4. The van der Waals surface area contributed by atoms with E-state index in [1.165, 1.54) is 30.4 Å². The van der Waals surface area contributed by atoms with Gasteiger partial charge >= 0.3 is 11.9 Å². The zero-order chi connectivity index (χ0) is 31.6. The third-order valence-electron chi connectivity index (χ3n) is 10.8. The van der Waals surface area contributed by atoms with Crippen molar-refractivity contribution >= 4 is 24.4 Å². The molecule has 0 aromatic heterocycles. The third-order valence-corrected chi connectivity index (χ3v) is 10.8. The minimum Gasteiger partial charge on any atom is -0.455 e. The summed E-state index contributed by atoms with van der Waals surface area (Å²) in [6, 6.07) is 0. The second kappa shape index (κ2) is 13.5. The fourth-order valence-corrected chi connectivity index (χ4v) is 7.70. The molecule has 2 aliphatic carbocycles. The van der Waals surface area contributed by atoms with Gasteiger partial charge in [-0.1, -0.05) is 44.6 Å². The van der Waals surface area contributed by atoms with E-state index >= 15 is 0 Å². The van der Waals surface area contributed by atoms with Gasteiger partial charge < -0.3 is 18.9 Å². The fourth-order valence-electron chi connectivity index (χ4n) is 7.70. The number of epoxide rings is 2. The average molecular weight is 619 g/mol. The predicted octanol–water partition coefficient (Wildman–Crippen LogP) is 6.59. The number of hydrogen-bond acceptors (Lipinski definition) is 8. The number of esters is 2. The lowest BCUT2D eigenvalue weighted by atomic mass is 9.84. The molecular formula is C37H50N2O6. The second-order valence-electron chi connectivity index (χ2n) is 14.3. The summed E-state index contributed by atoms with van der Waals surface area (Å²) >= 11 is 0. The Kier molecular flexibility index (Phi) is 9.62. The number of carbonyl (C=O) groups excluding carboxylic acids is 2. The number of nitrogens with zero attached hydrogens (tertiary/aromatic N) is 2. The third kappa shape index (κ3) is 7.27. The van der Waals surface area contributed by atoms with E-state index < -0.39 is 0 Å². The first kappa shape index (κ1) is 32.1. The van der Waals surface area contributed by atoms with Crippen LogP contribution in [0.25, 0.3) is 0 Å². The van der Waals surface area contributed by atoms with Crippen molar-refractivity contribution in [2.24, 2.45) is 21.8 Å². The molecule has 0 N–H and O–H groups in total. The van der Waals surface area contributed by atoms with Crippen molar-refractivity contribution in [2.75, 3.05) is 13.1 Å². The van der Waals surface area contributed by atoms with Gasteiger partial charge in [-0.05, 0) is 89.2 Å². The van der Waals surface area contributed by atoms with E-state index in [0.717, 1.165) is 77.3 Å². The van der Waals surface area contributed by atoms with Gasteiger partial charge in [-0.15, -0.1) is 0 Å². The number of unbranched alkanes of at least 4 members (excludes halogenated alkanes) is 4. The van der Waals surface area contributed by atoms with E-state index in [1.807, 2.05) is 12.4 Å². The highest BCUT2D eigenvalue weighted by Crippen LogP contribution is 2.51. The van der Waals surface area contributed by atoms with Crippen molar-refractivity contribution in [3.05, 3.63) is 47.6 Å². The summed E-state index contributed by atoms with van der Waals surface area (Å²) in [7, 11) is 0. The number of allylic oxidation sites excluding steroid dienone is 4. The molecule has 6 aliphatic rings. The van der Waals surface area contributed by atoms with Gasteiger partial charge in [0.2, 0.25) is 0 Å². The maximum absolute atomic E-state index is 12.2. The maximum Gasteiger partial charge on any atom is 0.334 e. The van der Waals surface area contributed by atoms with Crippen LogP contribution in [0.2, 0.25) is 0 Å². The van der Waals surface area contributed by atoms with E-state index in [9.17, 15) is 9.59 Å². The Balaban J connectivity index is 0.871. The highest BCUT2D eigenvalue weighted by atomic mass is 16.7. The fraction of sp³-hybridized carbons (Fsp3) is 0.676. The molecule has 0 aromatic carbocycles.